The van der Waals surface area contributed by atoms with E-state index in [4.69, 9.17) is 5.11 Å². The predicted octanol–water partition coefficient (Wildman–Crippen LogP) is 1.18. The first-order valence-corrected chi connectivity index (χ1v) is 6.64. The summed E-state index contributed by atoms with van der Waals surface area (Å²) in [6.45, 7) is 1.97. The highest BCUT2D eigenvalue weighted by atomic mass is 32.2. The summed E-state index contributed by atoms with van der Waals surface area (Å²) >= 11 is 0. The standard InChI is InChI=1S/C10H13FN2O4S/c1-2-5-12-18(16,17)13-9-6-7(11)3-4-8(9)10(14)15/h3-4,6,12-13H,2,5H2,1H3,(H,14,15). The number of carboxylic acids is 1. The third-order valence-electron chi connectivity index (χ3n) is 2.00. The lowest BCUT2D eigenvalue weighted by molar-refractivity contribution is 0.0698. The van der Waals surface area contributed by atoms with Gasteiger partial charge in [0.1, 0.15) is 5.82 Å². The fraction of sp³-hybridized carbons (Fsp3) is 0.300. The first-order valence-electron chi connectivity index (χ1n) is 5.16. The smallest absolute Gasteiger partial charge is 0.337 e. The molecule has 0 aliphatic rings. The molecule has 1 aromatic carbocycles. The summed E-state index contributed by atoms with van der Waals surface area (Å²) in [5.41, 5.74) is -0.635. The van der Waals surface area contributed by atoms with Crippen LogP contribution in [0.15, 0.2) is 18.2 Å². The van der Waals surface area contributed by atoms with Crippen molar-refractivity contribution in [3.63, 3.8) is 0 Å². The number of carboxylic acid groups (broad SMARTS) is 1. The van der Waals surface area contributed by atoms with Crippen molar-refractivity contribution in [2.45, 2.75) is 13.3 Å². The Morgan fingerprint density at radius 1 is 1.44 bits per heavy atom. The minimum atomic E-state index is -3.90. The number of carbonyl (C=O) groups is 1. The van der Waals surface area contributed by atoms with Gasteiger partial charge in [0, 0.05) is 6.54 Å². The van der Waals surface area contributed by atoms with E-state index in [1.54, 1.807) is 6.92 Å². The van der Waals surface area contributed by atoms with Gasteiger partial charge in [0.15, 0.2) is 0 Å². The van der Waals surface area contributed by atoms with Crippen molar-refractivity contribution in [2.24, 2.45) is 0 Å². The second-order valence-electron chi connectivity index (χ2n) is 3.49. The zero-order valence-electron chi connectivity index (χ0n) is 9.60. The van der Waals surface area contributed by atoms with E-state index in [0.29, 0.717) is 6.42 Å². The third kappa shape index (κ3) is 3.97. The second-order valence-corrected chi connectivity index (χ2v) is 4.99. The van der Waals surface area contributed by atoms with Crippen LogP contribution in [0.25, 0.3) is 0 Å². The SMILES string of the molecule is CCCNS(=O)(=O)Nc1cc(F)ccc1C(=O)O. The molecule has 8 heteroatoms. The van der Waals surface area contributed by atoms with Crippen molar-refractivity contribution in [3.8, 4) is 0 Å². The normalized spacial score (nSPS) is 11.2. The van der Waals surface area contributed by atoms with Crippen molar-refractivity contribution in [1.82, 2.24) is 4.72 Å². The van der Waals surface area contributed by atoms with Gasteiger partial charge in [0.05, 0.1) is 11.3 Å². The van der Waals surface area contributed by atoms with E-state index in [2.05, 4.69) is 4.72 Å². The lowest BCUT2D eigenvalue weighted by Crippen LogP contribution is -2.31. The molecule has 0 atom stereocenters. The maximum absolute atomic E-state index is 13.0. The van der Waals surface area contributed by atoms with Crippen LogP contribution in [-0.2, 0) is 10.2 Å². The molecule has 0 saturated carbocycles. The van der Waals surface area contributed by atoms with Gasteiger partial charge in [0.25, 0.3) is 10.2 Å². The highest BCUT2D eigenvalue weighted by molar-refractivity contribution is 7.90. The average molecular weight is 276 g/mol. The summed E-state index contributed by atoms with van der Waals surface area (Å²) in [6, 6.07) is 2.75. The number of hydrogen-bond acceptors (Lipinski definition) is 3. The molecular formula is C10H13FN2O4S. The molecule has 1 rings (SSSR count). The van der Waals surface area contributed by atoms with Gasteiger partial charge in [-0.1, -0.05) is 6.92 Å². The number of nitrogens with one attached hydrogen (secondary N) is 2. The summed E-state index contributed by atoms with van der Waals surface area (Å²) in [5.74, 6) is -2.07. The Kier molecular flexibility index (Phi) is 4.62. The first-order chi connectivity index (χ1) is 8.35. The molecule has 0 amide bonds. The fourth-order valence-corrected chi connectivity index (χ4v) is 2.21. The highest BCUT2D eigenvalue weighted by Gasteiger charge is 2.16. The lowest BCUT2D eigenvalue weighted by Gasteiger charge is -2.10. The summed E-state index contributed by atoms with van der Waals surface area (Å²) < 4.78 is 40.2. The van der Waals surface area contributed by atoms with Crippen LogP contribution < -0.4 is 9.44 Å². The van der Waals surface area contributed by atoms with Gasteiger partial charge in [-0.15, -0.1) is 0 Å². The van der Waals surface area contributed by atoms with E-state index >= 15 is 0 Å². The molecule has 0 aliphatic carbocycles. The number of benzene rings is 1. The summed E-state index contributed by atoms with van der Waals surface area (Å²) in [6.07, 6.45) is 0.579. The van der Waals surface area contributed by atoms with Gasteiger partial charge in [0.2, 0.25) is 0 Å². The van der Waals surface area contributed by atoms with E-state index < -0.39 is 22.0 Å². The van der Waals surface area contributed by atoms with Crippen molar-refractivity contribution < 1.29 is 22.7 Å². The Balaban J connectivity index is 3.02. The summed E-state index contributed by atoms with van der Waals surface area (Å²) in [7, 11) is -3.90. The molecular weight excluding hydrogens is 263 g/mol. The molecule has 0 fully saturated rings. The van der Waals surface area contributed by atoms with Crippen LogP contribution in [0.4, 0.5) is 10.1 Å². The number of rotatable bonds is 6. The minimum absolute atomic E-state index is 0.201. The van der Waals surface area contributed by atoms with Crippen molar-refractivity contribution in [2.75, 3.05) is 11.3 Å². The van der Waals surface area contributed by atoms with Gasteiger partial charge in [-0.05, 0) is 24.6 Å². The molecule has 18 heavy (non-hydrogen) atoms. The van der Waals surface area contributed by atoms with Crippen LogP contribution in [0.2, 0.25) is 0 Å². The number of aromatic carboxylic acids is 1. The van der Waals surface area contributed by atoms with Crippen molar-refractivity contribution >= 4 is 21.9 Å². The van der Waals surface area contributed by atoms with Crippen LogP contribution >= 0.6 is 0 Å². The van der Waals surface area contributed by atoms with Crippen LogP contribution in [0, 0.1) is 5.82 Å². The first kappa shape index (κ1) is 14.4. The molecule has 0 aromatic heterocycles. The molecule has 6 nitrogen and oxygen atoms in total. The number of halogens is 1. The largest absolute Gasteiger partial charge is 0.478 e. The van der Waals surface area contributed by atoms with Gasteiger partial charge in [-0.25, -0.2) is 9.18 Å². The number of anilines is 1. The van der Waals surface area contributed by atoms with Crippen LogP contribution in [0.3, 0.4) is 0 Å². The van der Waals surface area contributed by atoms with E-state index in [1.165, 1.54) is 0 Å². The predicted molar refractivity (Wildman–Crippen MR) is 64.2 cm³/mol. The maximum Gasteiger partial charge on any atom is 0.337 e. The monoisotopic (exact) mass is 276 g/mol. The van der Waals surface area contributed by atoms with Crippen LogP contribution in [-0.4, -0.2) is 26.0 Å². The van der Waals surface area contributed by atoms with Gasteiger partial charge in [-0.3, -0.25) is 4.72 Å². The summed E-state index contributed by atoms with van der Waals surface area (Å²) in [5, 5.41) is 8.85. The molecule has 0 heterocycles. The van der Waals surface area contributed by atoms with Gasteiger partial charge < -0.3 is 5.11 Å². The summed E-state index contributed by atoms with van der Waals surface area (Å²) in [4.78, 5) is 10.9. The van der Waals surface area contributed by atoms with Gasteiger partial charge in [-0.2, -0.15) is 13.1 Å². The van der Waals surface area contributed by atoms with Gasteiger partial charge >= 0.3 is 5.97 Å². The molecule has 0 unspecified atom stereocenters. The molecule has 1 aromatic rings. The Morgan fingerprint density at radius 2 is 2.11 bits per heavy atom. The quantitative estimate of drug-likeness (QED) is 0.727. The third-order valence-corrected chi connectivity index (χ3v) is 3.07. The zero-order valence-corrected chi connectivity index (χ0v) is 10.4. The molecule has 0 bridgehead atoms. The van der Waals surface area contributed by atoms with E-state index in [-0.39, 0.29) is 17.8 Å². The van der Waals surface area contributed by atoms with Crippen molar-refractivity contribution in [3.05, 3.63) is 29.6 Å². The molecule has 3 N–H and O–H groups in total. The van der Waals surface area contributed by atoms with E-state index in [1.807, 2.05) is 4.72 Å². The van der Waals surface area contributed by atoms with E-state index in [9.17, 15) is 17.6 Å². The molecule has 0 radical (unpaired) electrons. The Bertz CT molecular complexity index is 545. The second kappa shape index (κ2) is 5.78. The fourth-order valence-electron chi connectivity index (χ4n) is 1.20. The topological polar surface area (TPSA) is 95.5 Å². The Hall–Kier alpha value is -1.67. The molecule has 0 aliphatic heterocycles. The maximum atomic E-state index is 13.0. The number of hydrogen-bond donors (Lipinski definition) is 3. The molecule has 0 spiro atoms. The lowest BCUT2D eigenvalue weighted by atomic mass is 10.2. The minimum Gasteiger partial charge on any atom is -0.478 e. The average Bonchev–Trinajstić information content (AvgIpc) is 2.25. The Labute approximate surface area is 104 Å². The van der Waals surface area contributed by atoms with Crippen LogP contribution in [0.1, 0.15) is 23.7 Å². The van der Waals surface area contributed by atoms with E-state index in [0.717, 1.165) is 18.2 Å². The Morgan fingerprint density at radius 3 is 2.67 bits per heavy atom. The molecule has 100 valence electrons. The van der Waals surface area contributed by atoms with Crippen LogP contribution in [0.5, 0.6) is 0 Å². The zero-order chi connectivity index (χ0) is 13.8. The molecule has 0 saturated heterocycles. The van der Waals surface area contributed by atoms with Crippen molar-refractivity contribution in [1.29, 1.82) is 0 Å². The highest BCUT2D eigenvalue weighted by Crippen LogP contribution is 2.18.